The number of benzene rings is 2. The SMILES string of the molecule is CC(Nc1cccc(Oc2ccccc2)c1)C1(O)CCOCC1. The second-order valence-corrected chi connectivity index (χ2v) is 6.02. The molecule has 2 aromatic rings. The van der Waals surface area contributed by atoms with E-state index in [1.54, 1.807) is 0 Å². The molecule has 2 aromatic carbocycles. The molecule has 2 N–H and O–H groups in total. The quantitative estimate of drug-likeness (QED) is 0.881. The van der Waals surface area contributed by atoms with Crippen LogP contribution in [0.25, 0.3) is 0 Å². The standard InChI is InChI=1S/C19H23NO3/c1-15(19(21)10-12-22-13-11-19)20-16-6-5-9-18(14-16)23-17-7-3-2-4-8-17/h2-9,14-15,20-21H,10-13H2,1H3. The molecular weight excluding hydrogens is 290 g/mol. The fraction of sp³-hybridized carbons (Fsp3) is 0.368. The molecule has 1 atom stereocenters. The summed E-state index contributed by atoms with van der Waals surface area (Å²) in [4.78, 5) is 0. The summed E-state index contributed by atoms with van der Waals surface area (Å²) < 4.78 is 11.2. The van der Waals surface area contributed by atoms with Crippen LogP contribution in [-0.4, -0.2) is 30.0 Å². The van der Waals surface area contributed by atoms with Crippen molar-refractivity contribution in [1.82, 2.24) is 0 Å². The van der Waals surface area contributed by atoms with Crippen molar-refractivity contribution in [2.24, 2.45) is 0 Å². The Morgan fingerprint density at radius 1 is 1.04 bits per heavy atom. The van der Waals surface area contributed by atoms with E-state index in [0.717, 1.165) is 17.2 Å². The number of nitrogens with one attached hydrogen (secondary N) is 1. The van der Waals surface area contributed by atoms with E-state index in [1.807, 2.05) is 61.5 Å². The van der Waals surface area contributed by atoms with Gasteiger partial charge in [0.25, 0.3) is 0 Å². The number of aliphatic hydroxyl groups is 1. The van der Waals surface area contributed by atoms with Crippen molar-refractivity contribution in [2.75, 3.05) is 18.5 Å². The van der Waals surface area contributed by atoms with E-state index < -0.39 is 5.60 Å². The molecule has 0 saturated carbocycles. The average Bonchev–Trinajstić information content (AvgIpc) is 2.57. The maximum absolute atomic E-state index is 10.7. The summed E-state index contributed by atoms with van der Waals surface area (Å²) in [6.45, 7) is 3.23. The smallest absolute Gasteiger partial charge is 0.129 e. The summed E-state index contributed by atoms with van der Waals surface area (Å²) in [6.07, 6.45) is 1.31. The first-order chi connectivity index (χ1) is 11.2. The Hall–Kier alpha value is -2.04. The molecule has 0 bridgehead atoms. The minimum Gasteiger partial charge on any atom is -0.457 e. The fourth-order valence-corrected chi connectivity index (χ4v) is 2.82. The molecular formula is C19H23NO3. The van der Waals surface area contributed by atoms with Crippen LogP contribution in [0.3, 0.4) is 0 Å². The third kappa shape index (κ3) is 4.03. The molecule has 1 aliphatic heterocycles. The van der Waals surface area contributed by atoms with E-state index in [4.69, 9.17) is 9.47 Å². The van der Waals surface area contributed by atoms with E-state index in [9.17, 15) is 5.11 Å². The van der Waals surface area contributed by atoms with Crippen LogP contribution in [0, 0.1) is 0 Å². The zero-order valence-corrected chi connectivity index (χ0v) is 13.4. The largest absolute Gasteiger partial charge is 0.457 e. The predicted molar refractivity (Wildman–Crippen MR) is 91.0 cm³/mol. The van der Waals surface area contributed by atoms with Crippen LogP contribution < -0.4 is 10.1 Å². The second-order valence-electron chi connectivity index (χ2n) is 6.02. The summed E-state index contributed by atoms with van der Waals surface area (Å²) in [7, 11) is 0. The van der Waals surface area contributed by atoms with Gasteiger partial charge >= 0.3 is 0 Å². The van der Waals surface area contributed by atoms with Crippen LogP contribution in [-0.2, 0) is 4.74 Å². The molecule has 4 heteroatoms. The third-order valence-corrected chi connectivity index (χ3v) is 4.36. The van der Waals surface area contributed by atoms with Crippen LogP contribution in [0.5, 0.6) is 11.5 Å². The lowest BCUT2D eigenvalue weighted by molar-refractivity contribution is -0.0711. The normalized spacial score (nSPS) is 18.2. The van der Waals surface area contributed by atoms with Crippen molar-refractivity contribution in [3.05, 3.63) is 54.6 Å². The van der Waals surface area contributed by atoms with Crippen molar-refractivity contribution in [3.8, 4) is 11.5 Å². The lowest BCUT2D eigenvalue weighted by atomic mass is 9.87. The van der Waals surface area contributed by atoms with Gasteiger partial charge in [-0.15, -0.1) is 0 Å². The van der Waals surface area contributed by atoms with Crippen molar-refractivity contribution in [2.45, 2.75) is 31.4 Å². The van der Waals surface area contributed by atoms with Crippen LogP contribution in [0.1, 0.15) is 19.8 Å². The van der Waals surface area contributed by atoms with Gasteiger partial charge in [-0.25, -0.2) is 0 Å². The van der Waals surface area contributed by atoms with Crippen molar-refractivity contribution in [3.63, 3.8) is 0 Å². The highest BCUT2D eigenvalue weighted by molar-refractivity contribution is 5.50. The Morgan fingerprint density at radius 2 is 1.74 bits per heavy atom. The molecule has 1 aliphatic rings. The van der Waals surface area contributed by atoms with E-state index in [2.05, 4.69) is 5.32 Å². The van der Waals surface area contributed by atoms with Crippen molar-refractivity contribution < 1.29 is 14.6 Å². The lowest BCUT2D eigenvalue weighted by Gasteiger charge is -2.38. The van der Waals surface area contributed by atoms with Gasteiger partial charge in [-0.05, 0) is 31.2 Å². The molecule has 122 valence electrons. The minimum absolute atomic E-state index is 0.0571. The summed E-state index contributed by atoms with van der Waals surface area (Å²) in [5.74, 6) is 1.58. The number of ether oxygens (including phenoxy) is 2. The first kappa shape index (κ1) is 15.8. The molecule has 0 radical (unpaired) electrons. The molecule has 0 aromatic heterocycles. The molecule has 0 spiro atoms. The van der Waals surface area contributed by atoms with Gasteiger partial charge in [0, 0.05) is 37.8 Å². The predicted octanol–water partition coefficient (Wildman–Crippen LogP) is 3.82. The summed E-state index contributed by atoms with van der Waals surface area (Å²) in [5.41, 5.74) is 0.208. The highest BCUT2D eigenvalue weighted by Crippen LogP contribution is 2.29. The number of hydrogen-bond donors (Lipinski definition) is 2. The Labute approximate surface area is 137 Å². The molecule has 1 unspecified atom stereocenters. The van der Waals surface area contributed by atoms with E-state index in [-0.39, 0.29) is 6.04 Å². The van der Waals surface area contributed by atoms with Crippen LogP contribution in [0.2, 0.25) is 0 Å². The van der Waals surface area contributed by atoms with Gasteiger partial charge in [0.2, 0.25) is 0 Å². The average molecular weight is 313 g/mol. The summed E-state index contributed by atoms with van der Waals surface area (Å²) in [5, 5.41) is 14.1. The Bertz CT molecular complexity index is 624. The second kappa shape index (κ2) is 7.02. The zero-order valence-electron chi connectivity index (χ0n) is 13.4. The highest BCUT2D eigenvalue weighted by atomic mass is 16.5. The molecule has 1 saturated heterocycles. The Morgan fingerprint density at radius 3 is 2.48 bits per heavy atom. The fourth-order valence-electron chi connectivity index (χ4n) is 2.82. The van der Waals surface area contributed by atoms with Gasteiger partial charge < -0.3 is 19.9 Å². The van der Waals surface area contributed by atoms with Crippen LogP contribution >= 0.6 is 0 Å². The third-order valence-electron chi connectivity index (χ3n) is 4.36. The number of hydrogen-bond acceptors (Lipinski definition) is 4. The van der Waals surface area contributed by atoms with E-state index in [1.165, 1.54) is 0 Å². The first-order valence-corrected chi connectivity index (χ1v) is 8.05. The highest BCUT2D eigenvalue weighted by Gasteiger charge is 2.35. The van der Waals surface area contributed by atoms with E-state index >= 15 is 0 Å². The minimum atomic E-state index is -0.728. The Balaban J connectivity index is 1.67. The molecule has 23 heavy (non-hydrogen) atoms. The monoisotopic (exact) mass is 313 g/mol. The Kier molecular flexibility index (Phi) is 4.84. The topological polar surface area (TPSA) is 50.7 Å². The lowest BCUT2D eigenvalue weighted by Crippen LogP contribution is -2.49. The molecule has 0 aliphatic carbocycles. The van der Waals surface area contributed by atoms with Gasteiger partial charge in [0.1, 0.15) is 11.5 Å². The number of para-hydroxylation sites is 1. The van der Waals surface area contributed by atoms with Gasteiger partial charge in [-0.3, -0.25) is 0 Å². The number of anilines is 1. The van der Waals surface area contributed by atoms with Crippen LogP contribution in [0.15, 0.2) is 54.6 Å². The van der Waals surface area contributed by atoms with Gasteiger partial charge in [-0.1, -0.05) is 24.3 Å². The zero-order chi connectivity index (χ0) is 16.1. The van der Waals surface area contributed by atoms with Crippen molar-refractivity contribution >= 4 is 5.69 Å². The first-order valence-electron chi connectivity index (χ1n) is 8.05. The van der Waals surface area contributed by atoms with Crippen molar-refractivity contribution in [1.29, 1.82) is 0 Å². The van der Waals surface area contributed by atoms with Gasteiger partial charge in [0.15, 0.2) is 0 Å². The molecule has 1 heterocycles. The summed E-state index contributed by atoms with van der Waals surface area (Å²) in [6, 6.07) is 17.4. The molecule has 3 rings (SSSR count). The van der Waals surface area contributed by atoms with E-state index in [0.29, 0.717) is 26.1 Å². The molecule has 1 fully saturated rings. The molecule has 0 amide bonds. The summed E-state index contributed by atoms with van der Waals surface area (Å²) >= 11 is 0. The molecule has 4 nitrogen and oxygen atoms in total. The van der Waals surface area contributed by atoms with Crippen LogP contribution in [0.4, 0.5) is 5.69 Å². The maximum Gasteiger partial charge on any atom is 0.129 e. The van der Waals surface area contributed by atoms with Gasteiger partial charge in [0.05, 0.1) is 11.6 Å². The maximum atomic E-state index is 10.7. The number of rotatable bonds is 5. The van der Waals surface area contributed by atoms with Gasteiger partial charge in [-0.2, -0.15) is 0 Å².